The molecule has 2 aliphatic rings. The highest BCUT2D eigenvalue weighted by Crippen LogP contribution is 2.34. The SMILES string of the molecule is CCCC1=CCC(/C=C/CCc2ccc(C3=CCC(CCC)CC3)c(F)c2F)CC1. The Morgan fingerprint density at radius 2 is 1.80 bits per heavy atom. The van der Waals surface area contributed by atoms with Gasteiger partial charge in [0.1, 0.15) is 0 Å². The van der Waals surface area contributed by atoms with Crippen LogP contribution in [0.2, 0.25) is 0 Å². The fourth-order valence-electron chi connectivity index (χ4n) is 4.99. The van der Waals surface area contributed by atoms with E-state index in [1.165, 1.54) is 38.5 Å². The predicted octanol–water partition coefficient (Wildman–Crippen LogP) is 8.96. The summed E-state index contributed by atoms with van der Waals surface area (Å²) in [6.45, 7) is 4.44. The third kappa shape index (κ3) is 6.15. The van der Waals surface area contributed by atoms with Gasteiger partial charge in [0.15, 0.2) is 11.6 Å². The molecule has 0 amide bonds. The van der Waals surface area contributed by atoms with Crippen LogP contribution in [0.15, 0.2) is 42.0 Å². The van der Waals surface area contributed by atoms with Crippen molar-refractivity contribution in [1.29, 1.82) is 0 Å². The second-order valence-corrected chi connectivity index (χ2v) is 9.17. The number of halogens is 2. The Labute approximate surface area is 182 Å². The van der Waals surface area contributed by atoms with E-state index in [9.17, 15) is 8.78 Å². The third-order valence-corrected chi connectivity index (χ3v) is 6.83. The first-order chi connectivity index (χ1) is 14.6. The van der Waals surface area contributed by atoms with Crippen LogP contribution in [0.25, 0.3) is 5.57 Å². The maximum Gasteiger partial charge on any atom is 0.166 e. The van der Waals surface area contributed by atoms with Crippen LogP contribution < -0.4 is 0 Å². The maximum atomic E-state index is 14.8. The van der Waals surface area contributed by atoms with E-state index in [0.717, 1.165) is 37.7 Å². The number of hydrogen-bond acceptors (Lipinski definition) is 0. The molecule has 2 aliphatic carbocycles. The van der Waals surface area contributed by atoms with E-state index >= 15 is 0 Å². The van der Waals surface area contributed by atoms with Gasteiger partial charge >= 0.3 is 0 Å². The Morgan fingerprint density at radius 1 is 0.933 bits per heavy atom. The van der Waals surface area contributed by atoms with E-state index in [1.807, 2.05) is 0 Å². The van der Waals surface area contributed by atoms with E-state index in [-0.39, 0.29) is 0 Å². The van der Waals surface area contributed by atoms with Gasteiger partial charge in [0.05, 0.1) is 0 Å². The molecule has 2 atom stereocenters. The highest BCUT2D eigenvalue weighted by molar-refractivity contribution is 5.67. The van der Waals surface area contributed by atoms with Crippen molar-refractivity contribution < 1.29 is 8.78 Å². The van der Waals surface area contributed by atoms with E-state index in [1.54, 1.807) is 17.7 Å². The summed E-state index contributed by atoms with van der Waals surface area (Å²) in [5.74, 6) is -0.000207. The van der Waals surface area contributed by atoms with Crippen molar-refractivity contribution in [1.82, 2.24) is 0 Å². The Kier molecular flexibility index (Phi) is 8.90. The molecule has 0 N–H and O–H groups in total. The van der Waals surface area contributed by atoms with Crippen molar-refractivity contribution in [2.45, 2.75) is 90.9 Å². The summed E-state index contributed by atoms with van der Waals surface area (Å²) in [7, 11) is 0. The van der Waals surface area contributed by atoms with Crippen LogP contribution in [0, 0.1) is 23.5 Å². The lowest BCUT2D eigenvalue weighted by Crippen LogP contribution is -2.07. The third-order valence-electron chi connectivity index (χ3n) is 6.83. The molecule has 0 fully saturated rings. The van der Waals surface area contributed by atoms with Gasteiger partial charge in [-0.05, 0) is 80.8 Å². The summed E-state index contributed by atoms with van der Waals surface area (Å²) in [5, 5.41) is 0. The Bertz CT molecular complexity index is 784. The van der Waals surface area contributed by atoms with Crippen LogP contribution in [0.5, 0.6) is 0 Å². The monoisotopic (exact) mass is 412 g/mol. The molecule has 0 aromatic heterocycles. The molecule has 1 aromatic carbocycles. The summed E-state index contributed by atoms with van der Waals surface area (Å²) in [6, 6.07) is 3.59. The van der Waals surface area contributed by atoms with E-state index < -0.39 is 11.6 Å². The first-order valence-electron chi connectivity index (χ1n) is 12.1. The molecule has 2 unspecified atom stereocenters. The van der Waals surface area contributed by atoms with Gasteiger partial charge in [-0.2, -0.15) is 0 Å². The molecule has 0 radical (unpaired) electrons. The summed E-state index contributed by atoms with van der Waals surface area (Å²) in [5.41, 5.74) is 3.56. The molecule has 0 heterocycles. The molecule has 0 saturated heterocycles. The summed E-state index contributed by atoms with van der Waals surface area (Å²) < 4.78 is 29.4. The normalized spacial score (nSPS) is 22.3. The molecule has 0 nitrogen and oxygen atoms in total. The van der Waals surface area contributed by atoms with Crippen molar-refractivity contribution in [3.05, 3.63) is 64.8 Å². The molecule has 0 spiro atoms. The zero-order valence-corrected chi connectivity index (χ0v) is 18.9. The molecule has 2 heteroatoms. The lowest BCUT2D eigenvalue weighted by atomic mass is 9.84. The topological polar surface area (TPSA) is 0 Å². The Morgan fingerprint density at radius 3 is 2.47 bits per heavy atom. The van der Waals surface area contributed by atoms with Gasteiger partial charge in [0.25, 0.3) is 0 Å². The molecule has 0 bridgehead atoms. The smallest absolute Gasteiger partial charge is 0.166 e. The maximum absolute atomic E-state index is 14.8. The molecule has 30 heavy (non-hydrogen) atoms. The van der Waals surface area contributed by atoms with Crippen molar-refractivity contribution in [3.8, 4) is 0 Å². The number of hydrogen-bond donors (Lipinski definition) is 0. The first kappa shape index (κ1) is 23.0. The van der Waals surface area contributed by atoms with E-state index in [0.29, 0.717) is 29.4 Å². The molecule has 164 valence electrons. The summed E-state index contributed by atoms with van der Waals surface area (Å²) in [4.78, 5) is 0. The Balaban J connectivity index is 1.54. The van der Waals surface area contributed by atoms with Crippen LogP contribution in [0.4, 0.5) is 8.78 Å². The molecule has 0 saturated carbocycles. The van der Waals surface area contributed by atoms with Crippen molar-refractivity contribution >= 4 is 5.57 Å². The minimum absolute atomic E-state index is 0.471. The fourth-order valence-corrected chi connectivity index (χ4v) is 4.99. The highest BCUT2D eigenvalue weighted by Gasteiger charge is 2.20. The summed E-state index contributed by atoms with van der Waals surface area (Å²) >= 11 is 0. The van der Waals surface area contributed by atoms with Crippen LogP contribution in [-0.4, -0.2) is 0 Å². The van der Waals surface area contributed by atoms with Crippen molar-refractivity contribution in [2.24, 2.45) is 11.8 Å². The Hall–Kier alpha value is -1.70. The van der Waals surface area contributed by atoms with E-state index in [2.05, 4.69) is 38.2 Å². The van der Waals surface area contributed by atoms with Gasteiger partial charge in [-0.3, -0.25) is 0 Å². The van der Waals surface area contributed by atoms with Gasteiger partial charge in [-0.25, -0.2) is 8.78 Å². The number of allylic oxidation sites excluding steroid dienone is 6. The molecule has 1 aromatic rings. The standard InChI is InChI=1S/C28H38F2/c1-3-7-21-11-13-23(14-12-21)9-5-6-10-25-19-20-26(28(30)27(25)29)24-17-15-22(8-4-2)16-18-24/h5,9,11,17,19-20,22-23H,3-4,6-8,10,12-16,18H2,1-2H3/b9-5+. The summed E-state index contributed by atoms with van der Waals surface area (Å²) in [6.07, 6.45) is 21.7. The largest absolute Gasteiger partial charge is 0.203 e. The van der Waals surface area contributed by atoms with Crippen LogP contribution in [0.3, 0.4) is 0 Å². The number of benzene rings is 1. The zero-order chi connectivity index (χ0) is 21.3. The highest BCUT2D eigenvalue weighted by atomic mass is 19.2. The first-order valence-corrected chi connectivity index (χ1v) is 12.1. The van der Waals surface area contributed by atoms with Gasteiger partial charge < -0.3 is 0 Å². The predicted molar refractivity (Wildman–Crippen MR) is 124 cm³/mol. The molecular formula is C28H38F2. The molecule has 3 rings (SSSR count). The lowest BCUT2D eigenvalue weighted by molar-refractivity contribution is 0.443. The van der Waals surface area contributed by atoms with Gasteiger partial charge in [-0.1, -0.05) is 75.1 Å². The van der Waals surface area contributed by atoms with Gasteiger partial charge in [-0.15, -0.1) is 0 Å². The molecular weight excluding hydrogens is 374 g/mol. The van der Waals surface area contributed by atoms with Crippen LogP contribution in [0.1, 0.15) is 95.6 Å². The van der Waals surface area contributed by atoms with Crippen molar-refractivity contribution in [2.75, 3.05) is 0 Å². The zero-order valence-electron chi connectivity index (χ0n) is 18.9. The fraction of sp³-hybridized carbons (Fsp3) is 0.571. The quantitative estimate of drug-likeness (QED) is 0.355. The second kappa shape index (κ2) is 11.6. The number of aryl methyl sites for hydroxylation is 1. The second-order valence-electron chi connectivity index (χ2n) is 9.17. The minimum atomic E-state index is -0.655. The average molecular weight is 413 g/mol. The minimum Gasteiger partial charge on any atom is -0.203 e. The van der Waals surface area contributed by atoms with Crippen LogP contribution >= 0.6 is 0 Å². The van der Waals surface area contributed by atoms with Gasteiger partial charge in [0, 0.05) is 5.56 Å². The lowest BCUT2D eigenvalue weighted by Gasteiger charge is -2.22. The number of rotatable bonds is 9. The van der Waals surface area contributed by atoms with Gasteiger partial charge in [0.2, 0.25) is 0 Å². The molecule has 0 aliphatic heterocycles. The van der Waals surface area contributed by atoms with E-state index in [4.69, 9.17) is 0 Å². The van der Waals surface area contributed by atoms with Crippen molar-refractivity contribution in [3.63, 3.8) is 0 Å². The average Bonchev–Trinajstić information content (AvgIpc) is 2.76. The van der Waals surface area contributed by atoms with Crippen LogP contribution in [-0.2, 0) is 6.42 Å².